The van der Waals surface area contributed by atoms with Crippen molar-refractivity contribution in [3.8, 4) is 11.5 Å². The number of rotatable bonds is 8. The molecular formula is C22H21ClN2O5S. The van der Waals surface area contributed by atoms with Crippen LogP contribution in [0.3, 0.4) is 0 Å². The van der Waals surface area contributed by atoms with E-state index in [1.54, 1.807) is 49.4 Å². The van der Waals surface area contributed by atoms with Gasteiger partial charge in [0.25, 0.3) is 15.9 Å². The molecule has 3 aromatic rings. The summed E-state index contributed by atoms with van der Waals surface area (Å²) in [5, 5.41) is 3.12. The number of para-hydroxylation sites is 2. The van der Waals surface area contributed by atoms with Crippen LogP contribution in [0.5, 0.6) is 11.5 Å². The Hall–Kier alpha value is -3.23. The molecule has 0 bridgehead atoms. The molecule has 3 rings (SSSR count). The van der Waals surface area contributed by atoms with E-state index in [4.69, 9.17) is 21.1 Å². The van der Waals surface area contributed by atoms with Crippen molar-refractivity contribution in [2.75, 3.05) is 23.8 Å². The molecule has 31 heavy (non-hydrogen) atoms. The smallest absolute Gasteiger partial charge is 0.262 e. The van der Waals surface area contributed by atoms with Gasteiger partial charge in [0.05, 0.1) is 17.7 Å². The van der Waals surface area contributed by atoms with Crippen LogP contribution in [-0.2, 0) is 14.8 Å². The molecule has 0 aliphatic rings. The number of sulfonamides is 1. The maximum absolute atomic E-state index is 12.6. The molecule has 3 aromatic carbocycles. The number of nitrogens with one attached hydrogen (secondary N) is 2. The largest absolute Gasteiger partial charge is 0.493 e. The van der Waals surface area contributed by atoms with Gasteiger partial charge in [0.1, 0.15) is 0 Å². The maximum Gasteiger partial charge on any atom is 0.262 e. The molecular weight excluding hydrogens is 440 g/mol. The molecule has 0 aliphatic carbocycles. The van der Waals surface area contributed by atoms with Crippen LogP contribution in [-0.4, -0.2) is 28.0 Å². The molecule has 0 saturated carbocycles. The van der Waals surface area contributed by atoms with Gasteiger partial charge >= 0.3 is 0 Å². The van der Waals surface area contributed by atoms with Crippen LogP contribution >= 0.6 is 11.6 Å². The molecule has 0 spiro atoms. The van der Waals surface area contributed by atoms with Crippen molar-refractivity contribution in [3.05, 3.63) is 77.3 Å². The second kappa shape index (κ2) is 9.72. The topological polar surface area (TPSA) is 93.7 Å². The minimum absolute atomic E-state index is 0.0511. The second-order valence-corrected chi connectivity index (χ2v) is 8.62. The van der Waals surface area contributed by atoms with Gasteiger partial charge in [-0.15, -0.1) is 0 Å². The molecule has 162 valence electrons. The predicted molar refractivity (Wildman–Crippen MR) is 121 cm³/mol. The van der Waals surface area contributed by atoms with Crippen LogP contribution < -0.4 is 19.5 Å². The number of benzene rings is 3. The van der Waals surface area contributed by atoms with Gasteiger partial charge in [0.15, 0.2) is 18.1 Å². The van der Waals surface area contributed by atoms with E-state index >= 15 is 0 Å². The highest BCUT2D eigenvalue weighted by molar-refractivity contribution is 7.92. The molecule has 7 nitrogen and oxygen atoms in total. The number of carbonyl (C=O) groups excluding carboxylic acids is 1. The first-order chi connectivity index (χ1) is 14.8. The molecule has 0 unspecified atom stereocenters. The summed E-state index contributed by atoms with van der Waals surface area (Å²) in [6.07, 6.45) is 0. The fourth-order valence-corrected chi connectivity index (χ4v) is 4.01. The van der Waals surface area contributed by atoms with Crippen LogP contribution in [0, 0.1) is 6.92 Å². The van der Waals surface area contributed by atoms with E-state index in [0.717, 1.165) is 0 Å². The summed E-state index contributed by atoms with van der Waals surface area (Å²) < 4.78 is 38.5. The molecule has 0 aromatic heterocycles. The lowest BCUT2D eigenvalue weighted by molar-refractivity contribution is -0.118. The quantitative estimate of drug-likeness (QED) is 0.517. The highest BCUT2D eigenvalue weighted by Crippen LogP contribution is 2.27. The normalized spacial score (nSPS) is 10.9. The number of methoxy groups -OCH3 is 1. The van der Waals surface area contributed by atoms with Crippen molar-refractivity contribution < 1.29 is 22.7 Å². The first-order valence-electron chi connectivity index (χ1n) is 9.24. The molecule has 9 heteroatoms. The number of hydrogen-bond donors (Lipinski definition) is 2. The third-order valence-corrected chi connectivity index (χ3v) is 6.18. The van der Waals surface area contributed by atoms with E-state index in [9.17, 15) is 13.2 Å². The first-order valence-corrected chi connectivity index (χ1v) is 11.1. The van der Waals surface area contributed by atoms with Crippen molar-refractivity contribution in [2.24, 2.45) is 0 Å². The van der Waals surface area contributed by atoms with E-state index in [0.29, 0.717) is 33.5 Å². The van der Waals surface area contributed by atoms with Crippen LogP contribution in [0.15, 0.2) is 71.6 Å². The van der Waals surface area contributed by atoms with E-state index in [1.807, 2.05) is 0 Å². The highest BCUT2D eigenvalue weighted by Gasteiger charge is 2.16. The summed E-state index contributed by atoms with van der Waals surface area (Å²) in [5.41, 5.74) is 1.47. The van der Waals surface area contributed by atoms with E-state index < -0.39 is 15.9 Å². The number of halogens is 1. The summed E-state index contributed by atoms with van der Waals surface area (Å²) in [4.78, 5) is 12.2. The van der Waals surface area contributed by atoms with Crippen molar-refractivity contribution in [1.29, 1.82) is 0 Å². The number of amides is 1. The molecule has 0 heterocycles. The lowest BCUT2D eigenvalue weighted by Crippen LogP contribution is -2.20. The van der Waals surface area contributed by atoms with Gasteiger partial charge < -0.3 is 14.8 Å². The minimum Gasteiger partial charge on any atom is -0.493 e. The van der Waals surface area contributed by atoms with Gasteiger partial charge in [0, 0.05) is 10.7 Å². The van der Waals surface area contributed by atoms with Crippen molar-refractivity contribution in [2.45, 2.75) is 11.8 Å². The summed E-state index contributed by atoms with van der Waals surface area (Å²) in [5.74, 6) is 0.575. The fraction of sp³-hybridized carbons (Fsp3) is 0.136. The molecule has 0 fully saturated rings. The third-order valence-electron chi connectivity index (χ3n) is 4.39. The Morgan fingerprint density at radius 1 is 0.968 bits per heavy atom. The zero-order valence-corrected chi connectivity index (χ0v) is 18.5. The fourth-order valence-electron chi connectivity index (χ4n) is 2.72. The summed E-state index contributed by atoms with van der Waals surface area (Å²) in [6, 6.07) is 17.8. The first kappa shape index (κ1) is 22.5. The van der Waals surface area contributed by atoms with Gasteiger partial charge in [-0.1, -0.05) is 29.8 Å². The zero-order valence-electron chi connectivity index (χ0n) is 16.9. The van der Waals surface area contributed by atoms with Gasteiger partial charge in [-0.2, -0.15) is 0 Å². The molecule has 0 atom stereocenters. The van der Waals surface area contributed by atoms with Gasteiger partial charge in [-0.25, -0.2) is 8.42 Å². The van der Waals surface area contributed by atoms with Gasteiger partial charge in [0.2, 0.25) is 0 Å². The summed E-state index contributed by atoms with van der Waals surface area (Å²) >= 11 is 6.05. The monoisotopic (exact) mass is 460 g/mol. The number of anilines is 2. The predicted octanol–water partition coefficient (Wildman–Crippen LogP) is 4.48. The molecule has 1 amide bonds. The Morgan fingerprint density at radius 2 is 1.65 bits per heavy atom. The van der Waals surface area contributed by atoms with E-state index in [1.165, 1.54) is 31.4 Å². The van der Waals surface area contributed by atoms with Crippen molar-refractivity contribution >= 4 is 38.9 Å². The highest BCUT2D eigenvalue weighted by atomic mass is 35.5. The van der Waals surface area contributed by atoms with Crippen LogP contribution in [0.1, 0.15) is 5.56 Å². The Balaban J connectivity index is 1.62. The molecule has 0 radical (unpaired) electrons. The van der Waals surface area contributed by atoms with Crippen molar-refractivity contribution in [1.82, 2.24) is 0 Å². The zero-order chi connectivity index (χ0) is 22.4. The number of hydrogen-bond acceptors (Lipinski definition) is 5. The maximum atomic E-state index is 12.6. The molecule has 0 saturated heterocycles. The van der Waals surface area contributed by atoms with Crippen molar-refractivity contribution in [3.63, 3.8) is 0 Å². The number of carbonyl (C=O) groups is 1. The molecule has 2 N–H and O–H groups in total. The van der Waals surface area contributed by atoms with Crippen LogP contribution in [0.2, 0.25) is 5.02 Å². The molecule has 0 aliphatic heterocycles. The Labute approximate surface area is 186 Å². The van der Waals surface area contributed by atoms with Gasteiger partial charge in [-0.3, -0.25) is 9.52 Å². The lowest BCUT2D eigenvalue weighted by atomic mass is 10.2. The van der Waals surface area contributed by atoms with E-state index in [-0.39, 0.29) is 11.5 Å². The Bertz CT molecular complexity index is 1180. The second-order valence-electron chi connectivity index (χ2n) is 6.53. The van der Waals surface area contributed by atoms with Crippen LogP contribution in [0.4, 0.5) is 11.4 Å². The Morgan fingerprint density at radius 3 is 2.32 bits per heavy atom. The van der Waals surface area contributed by atoms with Gasteiger partial charge in [-0.05, 0) is 61.0 Å². The third kappa shape index (κ3) is 5.68. The SMILES string of the molecule is COc1ccccc1OCC(=O)Nc1ccc(S(=O)(=O)Nc2cccc(Cl)c2C)cc1. The average Bonchev–Trinajstić information content (AvgIpc) is 2.76. The van der Waals surface area contributed by atoms with E-state index in [2.05, 4.69) is 10.0 Å². The summed E-state index contributed by atoms with van der Waals surface area (Å²) in [6.45, 7) is 1.50. The minimum atomic E-state index is -3.81. The lowest BCUT2D eigenvalue weighted by Gasteiger charge is -2.12. The van der Waals surface area contributed by atoms with Crippen LogP contribution in [0.25, 0.3) is 0 Å². The Kier molecular flexibility index (Phi) is 7.04. The number of ether oxygens (including phenoxy) is 2. The average molecular weight is 461 g/mol. The standard InChI is InChI=1S/C22H21ClN2O5S/c1-15-18(23)6-5-7-19(15)25-31(27,28)17-12-10-16(11-13-17)24-22(26)14-30-21-9-4-3-8-20(21)29-2/h3-13,25H,14H2,1-2H3,(H,24,26). The summed E-state index contributed by atoms with van der Waals surface area (Å²) in [7, 11) is -2.30.